The monoisotopic (exact) mass is 450 g/mol. The van der Waals surface area contributed by atoms with Crippen molar-refractivity contribution in [2.24, 2.45) is 0 Å². The van der Waals surface area contributed by atoms with E-state index in [1.807, 2.05) is 24.4 Å². The number of hydrogen-bond acceptors (Lipinski definition) is 7. The van der Waals surface area contributed by atoms with Gasteiger partial charge in [0.1, 0.15) is 5.75 Å². The maximum absolute atomic E-state index is 13.2. The van der Waals surface area contributed by atoms with E-state index in [0.29, 0.717) is 41.2 Å². The van der Waals surface area contributed by atoms with E-state index in [-0.39, 0.29) is 12.5 Å². The minimum absolute atomic E-state index is 0.198. The number of fused-ring (bicyclic) bond motifs is 1. The molecule has 9 heteroatoms. The highest BCUT2D eigenvalue weighted by Gasteiger charge is 2.18. The maximum atomic E-state index is 13.2. The molecule has 0 fully saturated rings. The lowest BCUT2D eigenvalue weighted by Crippen LogP contribution is -2.15. The second kappa shape index (κ2) is 9.61. The molecule has 4 aromatic rings. The first-order valence-electron chi connectivity index (χ1n) is 10.2. The third-order valence-corrected chi connectivity index (χ3v) is 5.57. The lowest BCUT2D eigenvalue weighted by atomic mass is 10.1. The van der Waals surface area contributed by atoms with Crippen LogP contribution < -0.4 is 10.1 Å². The summed E-state index contributed by atoms with van der Waals surface area (Å²) in [4.78, 5) is 30.4. The number of aromatic nitrogens is 3. The van der Waals surface area contributed by atoms with Crippen LogP contribution in [0.4, 0.5) is 5.69 Å². The number of hydrogen-bond donors (Lipinski definition) is 1. The number of rotatable bonds is 8. The van der Waals surface area contributed by atoms with Gasteiger partial charge in [-0.25, -0.2) is 14.5 Å². The van der Waals surface area contributed by atoms with Crippen LogP contribution in [0.2, 0.25) is 0 Å². The number of aryl methyl sites for hydroxylation is 1. The summed E-state index contributed by atoms with van der Waals surface area (Å²) in [6.07, 6.45) is 1.66. The van der Waals surface area contributed by atoms with E-state index < -0.39 is 5.97 Å². The predicted molar refractivity (Wildman–Crippen MR) is 123 cm³/mol. The maximum Gasteiger partial charge on any atom is 0.344 e. The van der Waals surface area contributed by atoms with Crippen molar-refractivity contribution in [1.29, 1.82) is 0 Å². The molecule has 164 valence electrons. The second-order valence-corrected chi connectivity index (χ2v) is 7.75. The predicted octanol–water partition coefficient (Wildman–Crippen LogP) is 4.37. The summed E-state index contributed by atoms with van der Waals surface area (Å²) < 4.78 is 12.1. The quantitative estimate of drug-likeness (QED) is 0.401. The molecule has 1 aromatic carbocycles. The summed E-state index contributed by atoms with van der Waals surface area (Å²) in [5.74, 6) is -0.280. The molecule has 3 aromatic heterocycles. The number of carbonyl (C=O) groups excluding carboxylic acids is 2. The minimum atomic E-state index is -0.449. The molecular formula is C23H22N4O4S. The van der Waals surface area contributed by atoms with Crippen molar-refractivity contribution >= 4 is 39.9 Å². The molecule has 0 radical (unpaired) electrons. The third-order valence-electron chi connectivity index (χ3n) is 4.68. The number of anilines is 1. The first-order valence-corrected chi connectivity index (χ1v) is 11.1. The Hall–Kier alpha value is -3.72. The van der Waals surface area contributed by atoms with Crippen LogP contribution in [0, 0.1) is 0 Å². The topological polar surface area (TPSA) is 95.3 Å². The highest BCUT2D eigenvalue weighted by atomic mass is 32.1. The average molecular weight is 451 g/mol. The van der Waals surface area contributed by atoms with Crippen molar-refractivity contribution in [2.45, 2.75) is 20.4 Å². The van der Waals surface area contributed by atoms with Gasteiger partial charge in [0, 0.05) is 18.3 Å². The van der Waals surface area contributed by atoms with Gasteiger partial charge in [-0.1, -0.05) is 12.1 Å². The highest BCUT2D eigenvalue weighted by Crippen LogP contribution is 2.28. The molecule has 0 aliphatic carbocycles. The van der Waals surface area contributed by atoms with Gasteiger partial charge >= 0.3 is 5.97 Å². The second-order valence-electron chi connectivity index (χ2n) is 6.81. The number of pyridine rings is 1. The molecule has 0 aliphatic rings. The van der Waals surface area contributed by atoms with Gasteiger partial charge in [0.05, 0.1) is 34.3 Å². The molecule has 0 atom stereocenters. The number of amides is 1. The van der Waals surface area contributed by atoms with Crippen LogP contribution in [0.5, 0.6) is 5.75 Å². The molecule has 4 rings (SSSR count). The van der Waals surface area contributed by atoms with Crippen molar-refractivity contribution in [1.82, 2.24) is 14.8 Å². The van der Waals surface area contributed by atoms with Crippen LogP contribution in [0.1, 0.15) is 24.2 Å². The van der Waals surface area contributed by atoms with E-state index in [4.69, 9.17) is 14.5 Å². The van der Waals surface area contributed by atoms with Gasteiger partial charge in [0.2, 0.25) is 0 Å². The fourth-order valence-corrected chi connectivity index (χ4v) is 3.91. The zero-order chi connectivity index (χ0) is 22.5. The third kappa shape index (κ3) is 4.62. The number of thiophene rings is 1. The van der Waals surface area contributed by atoms with Crippen LogP contribution in [0.15, 0.2) is 54.0 Å². The minimum Gasteiger partial charge on any atom is -0.482 e. The Labute approximate surface area is 188 Å². The van der Waals surface area contributed by atoms with Crippen molar-refractivity contribution in [2.75, 3.05) is 18.5 Å². The Balaban J connectivity index is 1.61. The number of nitrogens with one attached hydrogen (secondary N) is 1. The summed E-state index contributed by atoms with van der Waals surface area (Å²) in [5, 5.41) is 9.93. The van der Waals surface area contributed by atoms with Crippen molar-refractivity contribution in [3.63, 3.8) is 0 Å². The van der Waals surface area contributed by atoms with Crippen molar-refractivity contribution in [3.05, 3.63) is 59.6 Å². The van der Waals surface area contributed by atoms with Gasteiger partial charge in [-0.05, 0) is 43.5 Å². The zero-order valence-electron chi connectivity index (χ0n) is 17.7. The molecule has 0 spiro atoms. The Kier molecular flexibility index (Phi) is 6.46. The van der Waals surface area contributed by atoms with E-state index in [9.17, 15) is 9.59 Å². The van der Waals surface area contributed by atoms with Gasteiger partial charge in [-0.15, -0.1) is 11.3 Å². The summed E-state index contributed by atoms with van der Waals surface area (Å²) in [7, 11) is 0. The smallest absolute Gasteiger partial charge is 0.344 e. The largest absolute Gasteiger partial charge is 0.482 e. The summed E-state index contributed by atoms with van der Waals surface area (Å²) in [6, 6.07) is 12.6. The van der Waals surface area contributed by atoms with E-state index >= 15 is 0 Å². The molecule has 1 N–H and O–H groups in total. The van der Waals surface area contributed by atoms with Gasteiger partial charge < -0.3 is 14.8 Å². The van der Waals surface area contributed by atoms with Crippen LogP contribution in [0.3, 0.4) is 0 Å². The number of nitrogens with zero attached hydrogens (tertiary/aromatic N) is 3. The lowest BCUT2D eigenvalue weighted by molar-refractivity contribution is -0.145. The van der Waals surface area contributed by atoms with E-state index in [0.717, 1.165) is 10.6 Å². The summed E-state index contributed by atoms with van der Waals surface area (Å²) in [6.45, 7) is 4.45. The highest BCUT2D eigenvalue weighted by molar-refractivity contribution is 7.13. The number of ether oxygens (including phenoxy) is 2. The first-order chi connectivity index (χ1) is 15.6. The SMILES string of the molecule is CCOC(=O)COc1cccc(NC(=O)c2cc(-c3cccs3)nc3c2cnn3CC)c1. The van der Waals surface area contributed by atoms with Crippen LogP contribution in [-0.4, -0.2) is 39.9 Å². The van der Waals surface area contributed by atoms with E-state index in [1.54, 1.807) is 59.5 Å². The molecule has 1 amide bonds. The molecule has 32 heavy (non-hydrogen) atoms. The summed E-state index contributed by atoms with van der Waals surface area (Å²) in [5.41, 5.74) is 2.41. The van der Waals surface area contributed by atoms with Crippen LogP contribution >= 0.6 is 11.3 Å². The van der Waals surface area contributed by atoms with Gasteiger partial charge in [-0.2, -0.15) is 5.10 Å². The standard InChI is InChI=1S/C23H22N4O4S/c1-3-27-22-18(13-24-27)17(12-19(26-22)20-9-6-10-32-20)23(29)25-15-7-5-8-16(11-15)31-14-21(28)30-4-2/h5-13H,3-4,14H2,1-2H3,(H,25,29). The van der Waals surface area contributed by atoms with Crippen molar-refractivity contribution in [3.8, 4) is 16.3 Å². The zero-order valence-corrected chi connectivity index (χ0v) is 18.5. The Bertz CT molecular complexity index is 1250. The average Bonchev–Trinajstić information content (AvgIpc) is 3.47. The fourth-order valence-electron chi connectivity index (χ4n) is 3.22. The molecule has 0 saturated carbocycles. The van der Waals surface area contributed by atoms with Gasteiger partial charge in [0.15, 0.2) is 12.3 Å². The Morgan fingerprint density at radius 1 is 1.16 bits per heavy atom. The Morgan fingerprint density at radius 3 is 2.78 bits per heavy atom. The number of esters is 1. The number of carbonyl (C=O) groups is 2. The van der Waals surface area contributed by atoms with Crippen LogP contribution in [-0.2, 0) is 16.1 Å². The normalized spacial score (nSPS) is 10.8. The molecule has 3 heterocycles. The number of benzene rings is 1. The Morgan fingerprint density at radius 2 is 2.03 bits per heavy atom. The first kappa shape index (κ1) is 21.5. The van der Waals surface area contributed by atoms with E-state index in [2.05, 4.69) is 10.4 Å². The van der Waals surface area contributed by atoms with Gasteiger partial charge in [-0.3, -0.25) is 4.79 Å². The lowest BCUT2D eigenvalue weighted by Gasteiger charge is -2.10. The van der Waals surface area contributed by atoms with Crippen molar-refractivity contribution < 1.29 is 19.1 Å². The summed E-state index contributed by atoms with van der Waals surface area (Å²) >= 11 is 1.56. The molecule has 0 bridgehead atoms. The fraction of sp³-hybridized carbons (Fsp3) is 0.217. The van der Waals surface area contributed by atoms with E-state index in [1.165, 1.54) is 0 Å². The van der Waals surface area contributed by atoms with Gasteiger partial charge in [0.25, 0.3) is 5.91 Å². The molecule has 0 saturated heterocycles. The molecular weight excluding hydrogens is 428 g/mol. The van der Waals surface area contributed by atoms with Crippen LogP contribution in [0.25, 0.3) is 21.6 Å². The molecule has 8 nitrogen and oxygen atoms in total. The molecule has 0 aliphatic heterocycles. The molecule has 0 unspecified atom stereocenters.